The summed E-state index contributed by atoms with van der Waals surface area (Å²) < 4.78 is 0.797. The zero-order chi connectivity index (χ0) is 15.9. The van der Waals surface area contributed by atoms with Gasteiger partial charge in [-0.15, -0.1) is 10.2 Å². The molecule has 1 amide bonds. The summed E-state index contributed by atoms with van der Waals surface area (Å²) in [6.07, 6.45) is 0. The fraction of sp³-hybridized carbons (Fsp3) is 0.400. The van der Waals surface area contributed by atoms with E-state index in [1.54, 1.807) is 0 Å². The Bertz CT molecular complexity index is 628. The van der Waals surface area contributed by atoms with Crippen LogP contribution in [-0.4, -0.2) is 28.4 Å². The summed E-state index contributed by atoms with van der Waals surface area (Å²) in [7, 11) is 0. The quantitative estimate of drug-likeness (QED) is 0.756. The van der Waals surface area contributed by atoms with Gasteiger partial charge >= 0.3 is 0 Å². The largest absolute Gasteiger partial charge is 0.360 e. The standard InChI is InChI=1S/C15H20N4OS2/c1-10(2)8-16-14-18-19-15(22-14)21-9-13(20)17-12-7-5-4-6-11(12)3/h4-7,10H,8-9H2,1-3H3,(H,16,18)(H,17,20). The Morgan fingerprint density at radius 2 is 2.09 bits per heavy atom. The van der Waals surface area contributed by atoms with E-state index >= 15 is 0 Å². The van der Waals surface area contributed by atoms with Crippen LogP contribution in [0.3, 0.4) is 0 Å². The molecule has 2 rings (SSSR count). The maximum atomic E-state index is 12.0. The van der Waals surface area contributed by atoms with Gasteiger partial charge in [0.2, 0.25) is 11.0 Å². The van der Waals surface area contributed by atoms with E-state index in [1.165, 1.54) is 23.1 Å². The lowest BCUT2D eigenvalue weighted by molar-refractivity contribution is -0.113. The number of para-hydroxylation sites is 1. The van der Waals surface area contributed by atoms with Crippen LogP contribution in [0, 0.1) is 12.8 Å². The molecule has 0 bridgehead atoms. The zero-order valence-corrected chi connectivity index (χ0v) is 14.6. The van der Waals surface area contributed by atoms with Crippen LogP contribution in [0.25, 0.3) is 0 Å². The summed E-state index contributed by atoms with van der Waals surface area (Å²) in [6.45, 7) is 7.12. The molecule has 0 aliphatic rings. The molecule has 1 heterocycles. The van der Waals surface area contributed by atoms with Crippen molar-refractivity contribution in [3.63, 3.8) is 0 Å². The van der Waals surface area contributed by atoms with E-state index < -0.39 is 0 Å². The first-order valence-corrected chi connectivity index (χ1v) is 8.90. The van der Waals surface area contributed by atoms with E-state index in [1.807, 2.05) is 31.2 Å². The SMILES string of the molecule is Cc1ccccc1NC(=O)CSc1nnc(NCC(C)C)s1. The number of aryl methyl sites for hydroxylation is 1. The fourth-order valence-electron chi connectivity index (χ4n) is 1.66. The maximum absolute atomic E-state index is 12.0. The summed E-state index contributed by atoms with van der Waals surface area (Å²) in [4.78, 5) is 12.0. The van der Waals surface area contributed by atoms with Gasteiger partial charge in [-0.25, -0.2) is 0 Å². The van der Waals surface area contributed by atoms with Gasteiger partial charge in [-0.05, 0) is 24.5 Å². The van der Waals surface area contributed by atoms with Crippen LogP contribution in [0.15, 0.2) is 28.6 Å². The van der Waals surface area contributed by atoms with Crippen molar-refractivity contribution in [2.24, 2.45) is 5.92 Å². The summed E-state index contributed by atoms with van der Waals surface area (Å²) in [6, 6.07) is 7.73. The van der Waals surface area contributed by atoms with Crippen LogP contribution in [-0.2, 0) is 4.79 Å². The van der Waals surface area contributed by atoms with E-state index in [4.69, 9.17) is 0 Å². The molecule has 1 aromatic heterocycles. The minimum absolute atomic E-state index is 0.0359. The summed E-state index contributed by atoms with van der Waals surface area (Å²) in [5, 5.41) is 15.1. The Balaban J connectivity index is 1.80. The normalized spacial score (nSPS) is 10.7. The third-order valence-corrected chi connectivity index (χ3v) is 4.83. The van der Waals surface area contributed by atoms with Crippen LogP contribution in [0.4, 0.5) is 10.8 Å². The molecule has 0 aliphatic carbocycles. The van der Waals surface area contributed by atoms with E-state index in [9.17, 15) is 4.79 Å². The fourth-order valence-corrected chi connectivity index (χ4v) is 3.22. The minimum Gasteiger partial charge on any atom is -0.360 e. The highest BCUT2D eigenvalue weighted by Crippen LogP contribution is 2.25. The molecule has 7 heteroatoms. The van der Waals surface area contributed by atoms with Crippen LogP contribution < -0.4 is 10.6 Å². The summed E-state index contributed by atoms with van der Waals surface area (Å²) >= 11 is 2.88. The molecule has 1 aromatic carbocycles. The van der Waals surface area contributed by atoms with Crippen molar-refractivity contribution in [1.29, 1.82) is 0 Å². The highest BCUT2D eigenvalue weighted by Gasteiger charge is 2.09. The minimum atomic E-state index is -0.0359. The molecule has 0 aliphatic heterocycles. The van der Waals surface area contributed by atoms with Crippen LogP contribution >= 0.6 is 23.1 Å². The van der Waals surface area contributed by atoms with Crippen molar-refractivity contribution in [3.8, 4) is 0 Å². The Labute approximate surface area is 138 Å². The summed E-state index contributed by atoms with van der Waals surface area (Å²) in [5.41, 5.74) is 1.90. The first kappa shape index (κ1) is 16.8. The molecule has 0 saturated heterocycles. The maximum Gasteiger partial charge on any atom is 0.234 e. The molecule has 2 N–H and O–H groups in total. The zero-order valence-electron chi connectivity index (χ0n) is 12.9. The molecule has 2 aromatic rings. The Morgan fingerprint density at radius 1 is 1.32 bits per heavy atom. The van der Waals surface area contributed by atoms with Crippen molar-refractivity contribution in [2.45, 2.75) is 25.1 Å². The van der Waals surface area contributed by atoms with Crippen molar-refractivity contribution >= 4 is 39.8 Å². The predicted octanol–water partition coefficient (Wildman–Crippen LogP) is 3.65. The van der Waals surface area contributed by atoms with Gasteiger partial charge in [-0.3, -0.25) is 4.79 Å². The van der Waals surface area contributed by atoms with Crippen molar-refractivity contribution < 1.29 is 4.79 Å². The molecular weight excluding hydrogens is 316 g/mol. The molecule has 0 fully saturated rings. The van der Waals surface area contributed by atoms with Crippen molar-refractivity contribution in [2.75, 3.05) is 22.9 Å². The smallest absolute Gasteiger partial charge is 0.234 e. The third-order valence-electron chi connectivity index (χ3n) is 2.81. The highest BCUT2D eigenvalue weighted by atomic mass is 32.2. The lowest BCUT2D eigenvalue weighted by atomic mass is 10.2. The number of nitrogens with zero attached hydrogens (tertiary/aromatic N) is 2. The number of hydrogen-bond donors (Lipinski definition) is 2. The van der Waals surface area contributed by atoms with Gasteiger partial charge in [0.1, 0.15) is 0 Å². The topological polar surface area (TPSA) is 66.9 Å². The van der Waals surface area contributed by atoms with Crippen LogP contribution in [0.5, 0.6) is 0 Å². The molecule has 118 valence electrons. The Hall–Kier alpha value is -1.60. The van der Waals surface area contributed by atoms with Crippen molar-refractivity contribution in [3.05, 3.63) is 29.8 Å². The number of anilines is 2. The van der Waals surface area contributed by atoms with Crippen LogP contribution in [0.2, 0.25) is 0 Å². The lowest BCUT2D eigenvalue weighted by Gasteiger charge is -2.06. The second-order valence-electron chi connectivity index (χ2n) is 5.30. The van der Waals surface area contributed by atoms with Gasteiger partial charge < -0.3 is 10.6 Å². The monoisotopic (exact) mass is 336 g/mol. The molecule has 0 unspecified atom stereocenters. The van der Waals surface area contributed by atoms with E-state index in [-0.39, 0.29) is 5.91 Å². The van der Waals surface area contributed by atoms with Gasteiger partial charge in [-0.2, -0.15) is 0 Å². The van der Waals surface area contributed by atoms with Gasteiger partial charge in [-0.1, -0.05) is 55.1 Å². The number of hydrogen-bond acceptors (Lipinski definition) is 6. The number of amides is 1. The van der Waals surface area contributed by atoms with Crippen molar-refractivity contribution in [1.82, 2.24) is 10.2 Å². The Morgan fingerprint density at radius 3 is 2.82 bits per heavy atom. The first-order chi connectivity index (χ1) is 10.5. The lowest BCUT2D eigenvalue weighted by Crippen LogP contribution is -2.14. The van der Waals surface area contributed by atoms with E-state index in [0.717, 1.165) is 27.3 Å². The van der Waals surface area contributed by atoms with Gasteiger partial charge in [0.15, 0.2) is 4.34 Å². The molecule has 0 spiro atoms. The number of benzene rings is 1. The van der Waals surface area contributed by atoms with Gasteiger partial charge in [0.25, 0.3) is 0 Å². The summed E-state index contributed by atoms with van der Waals surface area (Å²) in [5.74, 6) is 0.846. The number of nitrogens with one attached hydrogen (secondary N) is 2. The predicted molar refractivity (Wildman–Crippen MR) is 93.8 cm³/mol. The third kappa shape index (κ3) is 5.31. The van der Waals surface area contributed by atoms with E-state index in [0.29, 0.717) is 11.7 Å². The molecule has 5 nitrogen and oxygen atoms in total. The number of rotatable bonds is 7. The second kappa shape index (κ2) is 8.14. The number of thioether (sulfide) groups is 1. The number of carbonyl (C=O) groups is 1. The molecule has 0 saturated carbocycles. The molecule has 0 atom stereocenters. The molecule has 0 radical (unpaired) electrons. The number of carbonyl (C=O) groups excluding carboxylic acids is 1. The average molecular weight is 336 g/mol. The second-order valence-corrected chi connectivity index (χ2v) is 7.50. The first-order valence-electron chi connectivity index (χ1n) is 7.10. The highest BCUT2D eigenvalue weighted by molar-refractivity contribution is 8.01. The number of aromatic nitrogens is 2. The van der Waals surface area contributed by atoms with E-state index in [2.05, 4.69) is 34.7 Å². The average Bonchev–Trinajstić information content (AvgIpc) is 2.93. The Kier molecular flexibility index (Phi) is 6.21. The van der Waals surface area contributed by atoms with Gasteiger partial charge in [0.05, 0.1) is 5.75 Å². The molecular formula is C15H20N4OS2. The molecule has 22 heavy (non-hydrogen) atoms. The van der Waals surface area contributed by atoms with Gasteiger partial charge in [0, 0.05) is 12.2 Å². The van der Waals surface area contributed by atoms with Crippen LogP contribution in [0.1, 0.15) is 19.4 Å².